The molecule has 0 amide bonds. The fraction of sp³-hybridized carbons (Fsp3) is 0.286. The fourth-order valence-corrected chi connectivity index (χ4v) is 1.34. The molecule has 1 aromatic rings. The summed E-state index contributed by atoms with van der Waals surface area (Å²) in [7, 11) is 0. The molecular formula is C7H9NOSn. The average Bonchev–Trinajstić information content (AvgIpc) is 1.88. The van der Waals surface area contributed by atoms with Crippen molar-refractivity contribution in [2.45, 2.75) is 6.92 Å². The number of hydrogen-bond acceptors (Lipinski definition) is 2. The van der Waals surface area contributed by atoms with E-state index in [2.05, 4.69) is 4.98 Å². The molecule has 2 radical (unpaired) electrons. The predicted molar refractivity (Wildman–Crippen MR) is 42.2 cm³/mol. The molecular weight excluding hydrogens is 233 g/mol. The van der Waals surface area contributed by atoms with Crippen LogP contribution in [0, 0.1) is 0 Å². The molecule has 2 nitrogen and oxygen atoms in total. The maximum absolute atomic E-state index is 5.20. The normalized spacial score (nSPS) is 9.40. The Hall–Kier alpha value is -0.251. The van der Waals surface area contributed by atoms with Crippen LogP contribution in [0.3, 0.4) is 0 Å². The van der Waals surface area contributed by atoms with E-state index in [0.29, 0.717) is 6.61 Å². The molecule has 0 bridgehead atoms. The van der Waals surface area contributed by atoms with Crippen LogP contribution in [-0.4, -0.2) is 34.1 Å². The van der Waals surface area contributed by atoms with Gasteiger partial charge in [0.15, 0.2) is 0 Å². The second-order valence-electron chi connectivity index (χ2n) is 1.83. The number of ether oxygens (including phenoxy) is 1. The molecule has 10 heavy (non-hydrogen) atoms. The Morgan fingerprint density at radius 1 is 1.60 bits per heavy atom. The van der Waals surface area contributed by atoms with Crippen LogP contribution in [0.2, 0.25) is 0 Å². The molecule has 0 spiro atoms. The number of nitrogens with zero attached hydrogens (tertiary/aromatic N) is 1. The Morgan fingerprint density at radius 2 is 2.40 bits per heavy atom. The third kappa shape index (κ3) is 2.17. The Bertz CT molecular complexity index is 215. The van der Waals surface area contributed by atoms with Gasteiger partial charge in [0.1, 0.15) is 0 Å². The van der Waals surface area contributed by atoms with E-state index in [0.717, 1.165) is 32.1 Å². The molecule has 1 rings (SSSR count). The van der Waals surface area contributed by atoms with Crippen molar-refractivity contribution in [2.75, 3.05) is 6.61 Å². The molecule has 0 unspecified atom stereocenters. The van der Waals surface area contributed by atoms with Crippen LogP contribution in [0.4, 0.5) is 0 Å². The first-order valence-electron chi connectivity index (χ1n) is 3.18. The summed E-state index contributed by atoms with van der Waals surface area (Å²) >= 11 is 1.05. The average molecular weight is 242 g/mol. The first kappa shape index (κ1) is 7.85. The Balaban J connectivity index is 2.75. The van der Waals surface area contributed by atoms with Gasteiger partial charge in [0, 0.05) is 0 Å². The molecule has 0 saturated carbocycles. The van der Waals surface area contributed by atoms with Gasteiger partial charge in [-0.15, -0.1) is 0 Å². The minimum atomic E-state index is 0.691. The van der Waals surface area contributed by atoms with E-state index >= 15 is 0 Å². The minimum absolute atomic E-state index is 0.691. The monoisotopic (exact) mass is 243 g/mol. The van der Waals surface area contributed by atoms with Crippen LogP contribution in [0.1, 0.15) is 6.92 Å². The van der Waals surface area contributed by atoms with Crippen molar-refractivity contribution in [1.82, 2.24) is 4.98 Å². The summed E-state index contributed by atoms with van der Waals surface area (Å²) in [6.45, 7) is 2.65. The molecule has 1 aromatic heterocycles. The summed E-state index contributed by atoms with van der Waals surface area (Å²) in [6, 6.07) is 5.85. The molecule has 52 valence electrons. The van der Waals surface area contributed by atoms with E-state index in [-0.39, 0.29) is 0 Å². The molecule has 3 heteroatoms. The van der Waals surface area contributed by atoms with E-state index in [9.17, 15) is 0 Å². The van der Waals surface area contributed by atoms with E-state index in [4.69, 9.17) is 4.74 Å². The topological polar surface area (TPSA) is 22.1 Å². The maximum atomic E-state index is 5.20. The third-order valence-electron chi connectivity index (χ3n) is 1.04. The number of hydrogen-bond donors (Lipinski definition) is 0. The standard InChI is InChI=1S/C7H8NO.Sn.H/c1-2-9-7-5-3-4-6-8-7;;/h3-5H,2H2,1H3;;. The Labute approximate surface area is 73.7 Å². The van der Waals surface area contributed by atoms with Crippen LogP contribution < -0.4 is 8.45 Å². The van der Waals surface area contributed by atoms with Crippen LogP contribution in [0.5, 0.6) is 5.88 Å². The number of rotatable bonds is 2. The number of aromatic nitrogens is 1. The van der Waals surface area contributed by atoms with Gasteiger partial charge in [-0.2, -0.15) is 0 Å². The summed E-state index contributed by atoms with van der Waals surface area (Å²) in [5.41, 5.74) is 0. The molecule has 1 heterocycles. The first-order valence-corrected chi connectivity index (χ1v) is 4.83. The van der Waals surface area contributed by atoms with E-state index in [1.54, 1.807) is 0 Å². The van der Waals surface area contributed by atoms with Crippen molar-refractivity contribution < 1.29 is 4.74 Å². The zero-order valence-electron chi connectivity index (χ0n) is 5.87. The van der Waals surface area contributed by atoms with Gasteiger partial charge in [-0.05, 0) is 0 Å². The summed E-state index contributed by atoms with van der Waals surface area (Å²) < 4.78 is 6.32. The Morgan fingerprint density at radius 3 is 3.00 bits per heavy atom. The molecule has 0 saturated heterocycles. The van der Waals surface area contributed by atoms with Gasteiger partial charge in [0.2, 0.25) is 0 Å². The van der Waals surface area contributed by atoms with Crippen molar-refractivity contribution in [3.63, 3.8) is 0 Å². The van der Waals surface area contributed by atoms with E-state index in [1.807, 2.05) is 25.1 Å². The van der Waals surface area contributed by atoms with Crippen molar-refractivity contribution in [3.05, 3.63) is 18.2 Å². The van der Waals surface area contributed by atoms with Crippen LogP contribution >= 0.6 is 0 Å². The second-order valence-corrected chi connectivity index (χ2v) is 3.52. The molecule has 0 atom stereocenters. The van der Waals surface area contributed by atoms with Crippen LogP contribution in [-0.2, 0) is 0 Å². The molecule has 0 aliphatic rings. The Kier molecular flexibility index (Phi) is 2.99. The van der Waals surface area contributed by atoms with Crippen molar-refractivity contribution in [3.8, 4) is 5.88 Å². The zero-order chi connectivity index (χ0) is 7.40. The quantitative estimate of drug-likeness (QED) is 0.681. The second kappa shape index (κ2) is 3.81. The van der Waals surface area contributed by atoms with Gasteiger partial charge in [-0.1, -0.05) is 0 Å². The van der Waals surface area contributed by atoms with Gasteiger partial charge in [0.25, 0.3) is 0 Å². The SMILES string of the molecule is CCOc1ccc[c]([SnH])n1. The van der Waals surface area contributed by atoms with Crippen molar-refractivity contribution in [2.24, 2.45) is 0 Å². The molecule has 0 N–H and O–H groups in total. The van der Waals surface area contributed by atoms with Gasteiger partial charge in [0.05, 0.1) is 0 Å². The molecule has 0 aliphatic carbocycles. The molecule has 0 aliphatic heterocycles. The third-order valence-corrected chi connectivity index (χ3v) is 1.96. The van der Waals surface area contributed by atoms with E-state index < -0.39 is 0 Å². The summed E-state index contributed by atoms with van der Waals surface area (Å²) in [5.74, 6) is 0.743. The fourth-order valence-electron chi connectivity index (χ4n) is 0.659. The van der Waals surface area contributed by atoms with Crippen molar-refractivity contribution in [1.29, 1.82) is 0 Å². The van der Waals surface area contributed by atoms with Crippen molar-refractivity contribution >= 4 is 26.2 Å². The van der Waals surface area contributed by atoms with E-state index in [1.165, 1.54) is 0 Å². The van der Waals surface area contributed by atoms with Crippen LogP contribution in [0.15, 0.2) is 18.2 Å². The number of pyridine rings is 1. The van der Waals surface area contributed by atoms with Crippen LogP contribution in [0.25, 0.3) is 0 Å². The van der Waals surface area contributed by atoms with Gasteiger partial charge < -0.3 is 0 Å². The van der Waals surface area contributed by atoms with Gasteiger partial charge in [-0.25, -0.2) is 0 Å². The van der Waals surface area contributed by atoms with Gasteiger partial charge in [-0.3, -0.25) is 0 Å². The summed E-state index contributed by atoms with van der Waals surface area (Å²) in [6.07, 6.45) is 0. The molecule has 0 aromatic carbocycles. The summed E-state index contributed by atoms with van der Waals surface area (Å²) in [4.78, 5) is 4.20. The predicted octanol–water partition coefficient (Wildman–Crippen LogP) is 0.00640. The molecule has 0 fully saturated rings. The first-order chi connectivity index (χ1) is 4.83. The van der Waals surface area contributed by atoms with Gasteiger partial charge >= 0.3 is 73.6 Å². The summed E-state index contributed by atoms with van der Waals surface area (Å²) in [5, 5.41) is 0. The zero-order valence-corrected chi connectivity index (χ0v) is 9.17.